The third kappa shape index (κ3) is 4.19. The Balaban J connectivity index is 4.25. The van der Waals surface area contributed by atoms with Gasteiger partial charge >= 0.3 is 5.97 Å². The van der Waals surface area contributed by atoms with Crippen LogP contribution in [-0.4, -0.2) is 37.0 Å². The third-order valence-electron chi connectivity index (χ3n) is 1.86. The van der Waals surface area contributed by atoms with E-state index in [4.69, 9.17) is 15.6 Å². The Labute approximate surface area is 76.9 Å². The number of hydrogen-bond donors (Lipinski definition) is 2. The molecule has 0 heterocycles. The maximum absolute atomic E-state index is 12.6. The van der Waals surface area contributed by atoms with Crippen molar-refractivity contribution in [2.45, 2.75) is 25.6 Å². The van der Waals surface area contributed by atoms with Crippen molar-refractivity contribution in [3.05, 3.63) is 0 Å². The Hall–Kier alpha value is -0.680. The van der Waals surface area contributed by atoms with E-state index in [1.807, 2.05) is 0 Å². The number of nitrogens with two attached hydrogens (primary N) is 1. The minimum Gasteiger partial charge on any atom is -0.479 e. The van der Waals surface area contributed by atoms with Gasteiger partial charge in [-0.2, -0.15) is 0 Å². The topological polar surface area (TPSA) is 72.5 Å². The van der Waals surface area contributed by atoms with Crippen molar-refractivity contribution >= 4 is 5.97 Å². The number of ether oxygens (including phenoxy) is 1. The van der Waals surface area contributed by atoms with E-state index in [-0.39, 0.29) is 13.0 Å². The average molecular weight is 193 g/mol. The van der Waals surface area contributed by atoms with E-state index in [9.17, 15) is 9.18 Å². The molecule has 1 unspecified atom stereocenters. The maximum Gasteiger partial charge on any atom is 0.333 e. The molecule has 0 aromatic rings. The smallest absolute Gasteiger partial charge is 0.333 e. The Morgan fingerprint density at radius 3 is 2.46 bits per heavy atom. The molecule has 0 saturated carbocycles. The van der Waals surface area contributed by atoms with Crippen LogP contribution in [0.1, 0.15) is 13.3 Å². The van der Waals surface area contributed by atoms with Crippen molar-refractivity contribution in [2.24, 2.45) is 11.7 Å². The molecule has 0 aromatic carbocycles. The van der Waals surface area contributed by atoms with E-state index in [2.05, 4.69) is 0 Å². The summed E-state index contributed by atoms with van der Waals surface area (Å²) in [6.07, 6.45) is -1.96. The first-order chi connectivity index (χ1) is 6.02. The number of carbonyl (C=O) groups is 1. The summed E-state index contributed by atoms with van der Waals surface area (Å²) in [5.41, 5.74) is 5.33. The van der Waals surface area contributed by atoms with Crippen molar-refractivity contribution < 1.29 is 19.0 Å². The summed E-state index contributed by atoms with van der Waals surface area (Å²) in [5, 5.41) is 8.68. The van der Waals surface area contributed by atoms with Crippen molar-refractivity contribution in [1.82, 2.24) is 0 Å². The van der Waals surface area contributed by atoms with Crippen LogP contribution in [0.3, 0.4) is 0 Å². The van der Waals surface area contributed by atoms with Crippen molar-refractivity contribution in [3.63, 3.8) is 0 Å². The van der Waals surface area contributed by atoms with Crippen LogP contribution in [0, 0.1) is 5.92 Å². The fourth-order valence-electron chi connectivity index (χ4n) is 1.26. The fraction of sp³-hybridized carbons (Fsp3) is 0.875. The molecule has 0 bridgehead atoms. The molecule has 5 heteroatoms. The van der Waals surface area contributed by atoms with Crippen LogP contribution < -0.4 is 5.73 Å². The fourth-order valence-corrected chi connectivity index (χ4v) is 1.26. The number of halogens is 1. The number of hydrogen-bond acceptors (Lipinski definition) is 3. The number of aliphatic carboxylic acids is 1. The molecule has 4 nitrogen and oxygen atoms in total. The molecular formula is C8H16FNO3. The van der Waals surface area contributed by atoms with E-state index in [0.29, 0.717) is 0 Å². The summed E-state index contributed by atoms with van der Waals surface area (Å²) in [4.78, 5) is 10.6. The van der Waals surface area contributed by atoms with Crippen molar-refractivity contribution in [2.75, 3.05) is 13.7 Å². The maximum atomic E-state index is 12.6. The minimum atomic E-state index is -1.10. The molecular weight excluding hydrogens is 177 g/mol. The number of carboxylic acids is 1. The predicted molar refractivity (Wildman–Crippen MR) is 46.2 cm³/mol. The van der Waals surface area contributed by atoms with Crippen molar-refractivity contribution in [3.8, 4) is 0 Å². The number of carboxylic acid groups (broad SMARTS) is 1. The van der Waals surface area contributed by atoms with Crippen molar-refractivity contribution in [1.29, 1.82) is 0 Å². The van der Waals surface area contributed by atoms with Crippen LogP contribution in [0.2, 0.25) is 0 Å². The van der Waals surface area contributed by atoms with Crippen LogP contribution >= 0.6 is 0 Å². The summed E-state index contributed by atoms with van der Waals surface area (Å²) in [5.74, 6) is -1.57. The minimum absolute atomic E-state index is 0.110. The number of methoxy groups -OCH3 is 1. The molecule has 0 aliphatic heterocycles. The highest BCUT2D eigenvalue weighted by molar-refractivity contribution is 5.72. The lowest BCUT2D eigenvalue weighted by molar-refractivity contribution is -0.152. The molecule has 0 radical (unpaired) electrons. The van der Waals surface area contributed by atoms with Gasteiger partial charge in [0.25, 0.3) is 0 Å². The lowest BCUT2D eigenvalue weighted by Gasteiger charge is -2.21. The van der Waals surface area contributed by atoms with Crippen LogP contribution in [-0.2, 0) is 9.53 Å². The third-order valence-corrected chi connectivity index (χ3v) is 1.86. The largest absolute Gasteiger partial charge is 0.479 e. The van der Waals surface area contributed by atoms with E-state index in [0.717, 1.165) is 0 Å². The Bertz CT molecular complexity index is 163. The van der Waals surface area contributed by atoms with E-state index in [1.165, 1.54) is 14.0 Å². The Morgan fingerprint density at radius 1 is 1.69 bits per heavy atom. The molecule has 3 N–H and O–H groups in total. The second-order valence-electron chi connectivity index (χ2n) is 3.01. The van der Waals surface area contributed by atoms with E-state index in [1.54, 1.807) is 0 Å². The average Bonchev–Trinajstić information content (AvgIpc) is 2.02. The van der Waals surface area contributed by atoms with Gasteiger partial charge in [-0.15, -0.1) is 0 Å². The SMILES string of the molecule is COC(C(=O)O)[C@H](CN)C[C@H](C)F. The highest BCUT2D eigenvalue weighted by atomic mass is 19.1. The molecule has 0 aliphatic carbocycles. The lowest BCUT2D eigenvalue weighted by atomic mass is 9.96. The van der Waals surface area contributed by atoms with Gasteiger partial charge in [0, 0.05) is 13.0 Å². The molecule has 13 heavy (non-hydrogen) atoms. The second-order valence-corrected chi connectivity index (χ2v) is 3.01. The van der Waals surface area contributed by atoms with Gasteiger partial charge in [0.2, 0.25) is 0 Å². The highest BCUT2D eigenvalue weighted by Gasteiger charge is 2.28. The summed E-state index contributed by atoms with van der Waals surface area (Å²) in [7, 11) is 1.28. The van der Waals surface area contributed by atoms with Crippen LogP contribution in [0.25, 0.3) is 0 Å². The normalized spacial score (nSPS) is 17.8. The molecule has 0 rings (SSSR count). The standard InChI is InChI=1S/C8H16FNO3/c1-5(9)3-6(4-10)7(13-2)8(11)12/h5-7H,3-4,10H2,1-2H3,(H,11,12)/t5-,6-,7?/m0/s1. The van der Waals surface area contributed by atoms with Gasteiger partial charge in [0.1, 0.15) is 0 Å². The zero-order valence-corrected chi connectivity index (χ0v) is 7.87. The zero-order chi connectivity index (χ0) is 10.4. The van der Waals surface area contributed by atoms with Gasteiger partial charge in [0.15, 0.2) is 6.10 Å². The second kappa shape index (κ2) is 5.88. The van der Waals surface area contributed by atoms with Crippen LogP contribution in [0.4, 0.5) is 4.39 Å². The summed E-state index contributed by atoms with van der Waals surface area (Å²) < 4.78 is 17.3. The molecule has 0 spiro atoms. The van der Waals surface area contributed by atoms with Crippen LogP contribution in [0.15, 0.2) is 0 Å². The Morgan fingerprint density at radius 2 is 2.23 bits per heavy atom. The Kier molecular flexibility index (Phi) is 5.57. The summed E-state index contributed by atoms with van der Waals surface area (Å²) >= 11 is 0. The molecule has 78 valence electrons. The number of alkyl halides is 1. The lowest BCUT2D eigenvalue weighted by Crippen LogP contribution is -2.37. The van der Waals surface area contributed by atoms with Gasteiger partial charge in [-0.3, -0.25) is 0 Å². The van der Waals surface area contributed by atoms with Gasteiger partial charge < -0.3 is 15.6 Å². The first-order valence-electron chi connectivity index (χ1n) is 4.12. The molecule has 0 amide bonds. The van der Waals surface area contributed by atoms with Gasteiger partial charge in [-0.25, -0.2) is 9.18 Å². The molecule has 0 fully saturated rings. The number of rotatable bonds is 6. The van der Waals surface area contributed by atoms with Gasteiger partial charge in [-0.1, -0.05) is 0 Å². The molecule has 0 aliphatic rings. The van der Waals surface area contributed by atoms with Gasteiger partial charge in [-0.05, 0) is 19.9 Å². The summed E-state index contributed by atoms with van der Waals surface area (Å²) in [6, 6.07) is 0. The van der Waals surface area contributed by atoms with E-state index >= 15 is 0 Å². The van der Waals surface area contributed by atoms with Gasteiger partial charge in [0.05, 0.1) is 6.17 Å². The van der Waals surface area contributed by atoms with Crippen LogP contribution in [0.5, 0.6) is 0 Å². The summed E-state index contributed by atoms with van der Waals surface area (Å²) in [6.45, 7) is 1.48. The first kappa shape index (κ1) is 12.3. The monoisotopic (exact) mass is 193 g/mol. The zero-order valence-electron chi connectivity index (χ0n) is 7.87. The molecule has 0 saturated heterocycles. The highest BCUT2D eigenvalue weighted by Crippen LogP contribution is 2.15. The quantitative estimate of drug-likeness (QED) is 0.640. The first-order valence-corrected chi connectivity index (χ1v) is 4.12. The molecule has 3 atom stereocenters. The molecule has 0 aromatic heterocycles. The predicted octanol–water partition coefficient (Wildman–Crippen LogP) is 0.409. The van der Waals surface area contributed by atoms with E-state index < -0.39 is 24.2 Å².